The molecule has 0 saturated heterocycles. The van der Waals surface area contributed by atoms with Crippen molar-refractivity contribution in [3.63, 3.8) is 0 Å². The summed E-state index contributed by atoms with van der Waals surface area (Å²) in [5.41, 5.74) is 0.784. The Morgan fingerprint density at radius 3 is 2.35 bits per heavy atom. The summed E-state index contributed by atoms with van der Waals surface area (Å²) in [7, 11) is -1.05. The maximum Gasteiger partial charge on any atom is 0.193 e. The highest BCUT2D eigenvalue weighted by Crippen LogP contribution is 2.21. The van der Waals surface area contributed by atoms with Crippen LogP contribution in [0.2, 0.25) is 0 Å². The molecule has 0 aliphatic rings. The van der Waals surface area contributed by atoms with Gasteiger partial charge in [-0.2, -0.15) is 0 Å². The van der Waals surface area contributed by atoms with E-state index in [1.54, 1.807) is 12.1 Å². The van der Waals surface area contributed by atoms with E-state index in [-0.39, 0.29) is 41.0 Å². The van der Waals surface area contributed by atoms with Gasteiger partial charge in [0.05, 0.1) is 5.75 Å². The van der Waals surface area contributed by atoms with Gasteiger partial charge in [0.2, 0.25) is 0 Å². The average Bonchev–Trinajstić information content (AvgIpc) is 2.51. The molecule has 1 rings (SSSR count). The predicted octanol–water partition coefficient (Wildman–Crippen LogP) is 3.30. The van der Waals surface area contributed by atoms with Crippen molar-refractivity contribution in [1.29, 1.82) is 0 Å². The second-order valence-electron chi connectivity index (χ2n) is 7.20. The van der Waals surface area contributed by atoms with Crippen LogP contribution in [0.3, 0.4) is 0 Å². The summed E-state index contributed by atoms with van der Waals surface area (Å²) in [5, 5.41) is 3.24. The molecule has 150 valence electrons. The lowest BCUT2D eigenvalue weighted by Gasteiger charge is -2.26. The molecule has 8 heteroatoms. The zero-order valence-corrected chi connectivity index (χ0v) is 19.4. The van der Waals surface area contributed by atoms with Gasteiger partial charge >= 0.3 is 0 Å². The largest absolute Gasteiger partial charge is 0.357 e. The molecule has 5 nitrogen and oxygen atoms in total. The van der Waals surface area contributed by atoms with Crippen molar-refractivity contribution in [3.05, 3.63) is 35.6 Å². The van der Waals surface area contributed by atoms with E-state index >= 15 is 0 Å². The molecule has 1 N–H and O–H groups in total. The fourth-order valence-corrected chi connectivity index (χ4v) is 3.16. The third-order valence-electron chi connectivity index (χ3n) is 3.84. The summed E-state index contributed by atoms with van der Waals surface area (Å²) in [6.07, 6.45) is 1.82. The minimum atomic E-state index is -2.97. The fourth-order valence-electron chi connectivity index (χ4n) is 2.24. The lowest BCUT2D eigenvalue weighted by molar-refractivity contribution is 0.361. The topological polar surface area (TPSA) is 61.8 Å². The molecule has 0 bridgehead atoms. The van der Waals surface area contributed by atoms with E-state index in [0.717, 1.165) is 18.1 Å². The van der Waals surface area contributed by atoms with Crippen molar-refractivity contribution in [3.8, 4) is 0 Å². The van der Waals surface area contributed by atoms with Crippen molar-refractivity contribution in [2.24, 2.45) is 10.4 Å². The number of aliphatic imine (C=N–C) groups is 1. The van der Waals surface area contributed by atoms with Crippen molar-refractivity contribution >= 4 is 39.8 Å². The number of hydrogen-bond acceptors (Lipinski definition) is 3. The Morgan fingerprint density at radius 2 is 1.85 bits per heavy atom. The average molecular weight is 499 g/mol. The lowest BCUT2D eigenvalue weighted by Crippen LogP contribution is -2.39. The predicted molar refractivity (Wildman–Crippen MR) is 117 cm³/mol. The van der Waals surface area contributed by atoms with E-state index in [9.17, 15) is 12.8 Å². The van der Waals surface area contributed by atoms with Crippen LogP contribution in [-0.4, -0.2) is 51.4 Å². The van der Waals surface area contributed by atoms with Gasteiger partial charge in [0.25, 0.3) is 0 Å². The maximum atomic E-state index is 13.0. The van der Waals surface area contributed by atoms with Crippen molar-refractivity contribution in [1.82, 2.24) is 10.2 Å². The van der Waals surface area contributed by atoms with Crippen LogP contribution in [0.4, 0.5) is 4.39 Å². The molecule has 1 aromatic carbocycles. The quantitative estimate of drug-likeness (QED) is 0.339. The Morgan fingerprint density at radius 1 is 1.27 bits per heavy atom. The first-order valence-corrected chi connectivity index (χ1v) is 10.5. The summed E-state index contributed by atoms with van der Waals surface area (Å²) in [4.78, 5) is 6.64. The van der Waals surface area contributed by atoms with Crippen LogP contribution in [-0.2, 0) is 16.4 Å². The van der Waals surface area contributed by atoms with Crippen LogP contribution in [0, 0.1) is 11.2 Å². The summed E-state index contributed by atoms with van der Waals surface area (Å²) in [6.45, 7) is 7.90. The van der Waals surface area contributed by atoms with E-state index in [1.807, 2.05) is 32.7 Å². The number of halogens is 2. The molecule has 0 saturated carbocycles. The van der Waals surface area contributed by atoms with Crippen LogP contribution in [0.15, 0.2) is 29.3 Å². The van der Waals surface area contributed by atoms with Crippen molar-refractivity contribution in [2.45, 2.75) is 33.7 Å². The second-order valence-corrected chi connectivity index (χ2v) is 9.46. The number of benzene rings is 1. The summed E-state index contributed by atoms with van der Waals surface area (Å²) in [6, 6.07) is 6.40. The number of hydrogen-bond donors (Lipinski definition) is 1. The number of sulfone groups is 1. The van der Waals surface area contributed by atoms with E-state index in [4.69, 9.17) is 0 Å². The molecular weight excluding hydrogens is 468 g/mol. The molecule has 0 amide bonds. The Labute approximate surface area is 174 Å². The summed E-state index contributed by atoms with van der Waals surface area (Å²) >= 11 is 0. The first-order valence-electron chi connectivity index (χ1n) is 8.44. The van der Waals surface area contributed by atoms with Crippen molar-refractivity contribution in [2.75, 3.05) is 32.1 Å². The summed E-state index contributed by atoms with van der Waals surface area (Å²) < 4.78 is 35.8. The van der Waals surface area contributed by atoms with Crippen LogP contribution in [0.25, 0.3) is 0 Å². The van der Waals surface area contributed by atoms with Crippen LogP contribution < -0.4 is 5.32 Å². The standard InChI is InChI=1S/C18H30FN3O2S.HI/c1-6-20-17(21-14-18(2,3)11-12-25(5,23)24)22(4)13-15-7-9-16(19)10-8-15;/h7-10H,6,11-14H2,1-5H3,(H,20,21);1H. The summed E-state index contributed by atoms with van der Waals surface area (Å²) in [5.74, 6) is 0.663. The van der Waals surface area contributed by atoms with Crippen LogP contribution >= 0.6 is 24.0 Å². The molecule has 0 aliphatic heterocycles. The number of nitrogens with zero attached hydrogens (tertiary/aromatic N) is 2. The van der Waals surface area contributed by atoms with Gasteiger partial charge in [-0.25, -0.2) is 12.8 Å². The molecule has 0 spiro atoms. The first kappa shape index (κ1) is 25.1. The molecular formula is C18H31FIN3O2S. The van der Waals surface area contributed by atoms with Gasteiger partial charge < -0.3 is 10.2 Å². The molecule has 1 aromatic rings. The first-order chi connectivity index (χ1) is 11.5. The second kappa shape index (κ2) is 11.1. The SMILES string of the molecule is CCNC(=NCC(C)(C)CCS(C)(=O)=O)N(C)Cc1ccc(F)cc1.I. The Bertz CT molecular complexity index is 676. The fraction of sp³-hybridized carbons (Fsp3) is 0.611. The third-order valence-corrected chi connectivity index (χ3v) is 4.78. The molecule has 0 radical (unpaired) electrons. The Kier molecular flexibility index (Phi) is 10.7. The highest BCUT2D eigenvalue weighted by atomic mass is 127. The molecule has 0 unspecified atom stereocenters. The van der Waals surface area contributed by atoms with Gasteiger partial charge in [-0.05, 0) is 36.5 Å². The Balaban J connectivity index is 0.00000625. The van der Waals surface area contributed by atoms with Crippen molar-refractivity contribution < 1.29 is 12.8 Å². The van der Waals surface area contributed by atoms with Gasteiger partial charge in [-0.15, -0.1) is 24.0 Å². The van der Waals surface area contributed by atoms with Crippen LogP contribution in [0.5, 0.6) is 0 Å². The van der Waals surface area contributed by atoms with Gasteiger partial charge in [0.1, 0.15) is 15.7 Å². The van der Waals surface area contributed by atoms with Crippen LogP contribution in [0.1, 0.15) is 32.8 Å². The minimum Gasteiger partial charge on any atom is -0.357 e. The van der Waals surface area contributed by atoms with E-state index in [2.05, 4.69) is 10.3 Å². The van der Waals surface area contributed by atoms with E-state index in [1.165, 1.54) is 18.4 Å². The highest BCUT2D eigenvalue weighted by molar-refractivity contribution is 14.0. The lowest BCUT2D eigenvalue weighted by atomic mass is 9.90. The molecule has 26 heavy (non-hydrogen) atoms. The zero-order chi connectivity index (χ0) is 19.1. The van der Waals surface area contributed by atoms with Gasteiger partial charge in [-0.3, -0.25) is 4.99 Å². The number of nitrogens with one attached hydrogen (secondary N) is 1. The number of rotatable bonds is 8. The van der Waals surface area contributed by atoms with Gasteiger partial charge in [0.15, 0.2) is 5.96 Å². The van der Waals surface area contributed by atoms with Gasteiger partial charge in [0, 0.05) is 32.9 Å². The smallest absolute Gasteiger partial charge is 0.193 e. The van der Waals surface area contributed by atoms with E-state index in [0.29, 0.717) is 19.5 Å². The monoisotopic (exact) mass is 499 g/mol. The molecule has 0 fully saturated rings. The molecule has 0 aromatic heterocycles. The highest BCUT2D eigenvalue weighted by Gasteiger charge is 2.20. The minimum absolute atomic E-state index is 0. The Hall–Kier alpha value is -0.900. The zero-order valence-electron chi connectivity index (χ0n) is 16.3. The number of guanidine groups is 1. The normalized spacial score (nSPS) is 12.5. The van der Waals surface area contributed by atoms with Gasteiger partial charge in [-0.1, -0.05) is 26.0 Å². The molecule has 0 atom stereocenters. The third kappa shape index (κ3) is 10.3. The molecule has 0 heterocycles. The maximum absolute atomic E-state index is 13.0. The van der Waals surface area contributed by atoms with E-state index < -0.39 is 9.84 Å². The molecule has 0 aliphatic carbocycles.